The summed E-state index contributed by atoms with van der Waals surface area (Å²) in [5.41, 5.74) is 0. The van der Waals surface area contributed by atoms with Gasteiger partial charge in [-0.15, -0.1) is 0 Å². The molecule has 3 unspecified atom stereocenters. The zero-order valence-electron chi connectivity index (χ0n) is 26.8. The van der Waals surface area contributed by atoms with Gasteiger partial charge in [-0.05, 0) is 51.4 Å². The molecule has 3 atom stereocenters. The Morgan fingerprint density at radius 3 is 1.30 bits per heavy atom. The standard InChI is InChI=1S/C35H70O5/c1-3-5-7-9-11-13-15-17-18-20-22-24-26-28-30-35(38)40-33(31-36)32-39-34(37)29-27-25-23-21-19-16-14-12-10-8-6-4-2/h17-18,33-38H,3-16,19-32H2,1-2H3/b18-17+. The molecule has 0 amide bonds. The SMILES string of the molecule is CCCCCCCC/C=C/CCCCCCC(O)OC(CO)COC(O)CCCCCCCCCCCCCC. The molecular formula is C35H70O5. The van der Waals surface area contributed by atoms with Gasteiger partial charge >= 0.3 is 0 Å². The minimum absolute atomic E-state index is 0.0953. The maximum absolute atomic E-state index is 10.2. The first-order chi connectivity index (χ1) is 19.6. The molecule has 5 heteroatoms. The Labute approximate surface area is 249 Å². The summed E-state index contributed by atoms with van der Waals surface area (Å²) in [5, 5.41) is 29.8. The van der Waals surface area contributed by atoms with Gasteiger partial charge in [0, 0.05) is 0 Å². The lowest BCUT2D eigenvalue weighted by Crippen LogP contribution is -2.31. The van der Waals surface area contributed by atoms with E-state index in [1.54, 1.807) is 0 Å². The molecule has 5 nitrogen and oxygen atoms in total. The monoisotopic (exact) mass is 571 g/mol. The van der Waals surface area contributed by atoms with Gasteiger partial charge in [-0.2, -0.15) is 0 Å². The van der Waals surface area contributed by atoms with Crippen LogP contribution in [0, 0.1) is 0 Å². The topological polar surface area (TPSA) is 79.2 Å². The molecule has 0 saturated carbocycles. The molecule has 0 bridgehead atoms. The second kappa shape index (κ2) is 33.0. The first kappa shape index (κ1) is 39.5. The van der Waals surface area contributed by atoms with Gasteiger partial charge in [0.2, 0.25) is 0 Å². The van der Waals surface area contributed by atoms with Gasteiger partial charge in [-0.3, -0.25) is 0 Å². The average Bonchev–Trinajstić information content (AvgIpc) is 2.96. The van der Waals surface area contributed by atoms with E-state index < -0.39 is 18.7 Å². The van der Waals surface area contributed by atoms with Gasteiger partial charge in [-0.25, -0.2) is 0 Å². The quantitative estimate of drug-likeness (QED) is 0.0416. The van der Waals surface area contributed by atoms with Crippen molar-refractivity contribution in [3.05, 3.63) is 12.2 Å². The van der Waals surface area contributed by atoms with E-state index in [2.05, 4.69) is 26.0 Å². The van der Waals surface area contributed by atoms with Gasteiger partial charge in [0.25, 0.3) is 0 Å². The van der Waals surface area contributed by atoms with Crippen LogP contribution in [-0.4, -0.2) is 47.2 Å². The van der Waals surface area contributed by atoms with E-state index >= 15 is 0 Å². The minimum Gasteiger partial charge on any atom is -0.394 e. The van der Waals surface area contributed by atoms with Crippen molar-refractivity contribution < 1.29 is 24.8 Å². The molecule has 0 aromatic carbocycles. The van der Waals surface area contributed by atoms with Crippen LogP contribution >= 0.6 is 0 Å². The summed E-state index contributed by atoms with van der Waals surface area (Å²) < 4.78 is 11.0. The van der Waals surface area contributed by atoms with Gasteiger partial charge in [-0.1, -0.05) is 142 Å². The highest BCUT2D eigenvalue weighted by Crippen LogP contribution is 2.15. The van der Waals surface area contributed by atoms with Crippen molar-refractivity contribution in [2.75, 3.05) is 13.2 Å². The van der Waals surface area contributed by atoms with Crippen LogP contribution in [0.5, 0.6) is 0 Å². The van der Waals surface area contributed by atoms with Crippen LogP contribution in [0.25, 0.3) is 0 Å². The Balaban J connectivity index is 3.56. The average molecular weight is 571 g/mol. The lowest BCUT2D eigenvalue weighted by atomic mass is 10.0. The lowest BCUT2D eigenvalue weighted by molar-refractivity contribution is -0.191. The van der Waals surface area contributed by atoms with Crippen LogP contribution in [-0.2, 0) is 9.47 Å². The third-order valence-electron chi connectivity index (χ3n) is 7.80. The first-order valence-electron chi connectivity index (χ1n) is 17.5. The summed E-state index contributed by atoms with van der Waals surface area (Å²) in [6.07, 6.45) is 33.8. The van der Waals surface area contributed by atoms with Crippen LogP contribution in [0.15, 0.2) is 12.2 Å². The highest BCUT2D eigenvalue weighted by molar-refractivity contribution is 4.81. The molecule has 0 fully saturated rings. The van der Waals surface area contributed by atoms with E-state index in [1.165, 1.54) is 116 Å². The molecule has 0 radical (unpaired) electrons. The van der Waals surface area contributed by atoms with Crippen LogP contribution < -0.4 is 0 Å². The van der Waals surface area contributed by atoms with Gasteiger partial charge in [0.15, 0.2) is 12.6 Å². The zero-order valence-corrected chi connectivity index (χ0v) is 26.8. The van der Waals surface area contributed by atoms with Gasteiger partial charge < -0.3 is 24.8 Å². The number of hydrogen-bond acceptors (Lipinski definition) is 5. The van der Waals surface area contributed by atoms with Crippen molar-refractivity contribution in [2.45, 2.75) is 199 Å². The van der Waals surface area contributed by atoms with E-state index in [9.17, 15) is 15.3 Å². The van der Waals surface area contributed by atoms with Crippen LogP contribution in [0.3, 0.4) is 0 Å². The van der Waals surface area contributed by atoms with Crippen LogP contribution in [0.1, 0.15) is 181 Å². The highest BCUT2D eigenvalue weighted by atomic mass is 16.6. The number of aliphatic hydroxyl groups excluding tert-OH is 3. The number of rotatable bonds is 33. The fraction of sp³-hybridized carbons (Fsp3) is 0.943. The number of allylic oxidation sites excluding steroid dienone is 2. The summed E-state index contributed by atoms with van der Waals surface area (Å²) in [7, 11) is 0. The van der Waals surface area contributed by atoms with Crippen molar-refractivity contribution in [1.82, 2.24) is 0 Å². The Morgan fingerprint density at radius 1 is 0.500 bits per heavy atom. The summed E-state index contributed by atoms with van der Waals surface area (Å²) in [5.74, 6) is 0. The van der Waals surface area contributed by atoms with Crippen molar-refractivity contribution in [3.63, 3.8) is 0 Å². The number of unbranched alkanes of at least 4 members (excludes halogenated alkanes) is 21. The minimum atomic E-state index is -0.897. The molecule has 0 rings (SSSR count). The van der Waals surface area contributed by atoms with Crippen molar-refractivity contribution in [3.8, 4) is 0 Å². The van der Waals surface area contributed by atoms with Crippen LogP contribution in [0.2, 0.25) is 0 Å². The smallest absolute Gasteiger partial charge is 0.155 e. The predicted molar refractivity (Wildman–Crippen MR) is 170 cm³/mol. The molecule has 40 heavy (non-hydrogen) atoms. The zero-order chi connectivity index (χ0) is 29.4. The number of hydrogen-bond donors (Lipinski definition) is 3. The molecule has 0 aromatic rings. The van der Waals surface area contributed by atoms with Crippen LogP contribution in [0.4, 0.5) is 0 Å². The summed E-state index contributed by atoms with van der Waals surface area (Å²) in [4.78, 5) is 0. The van der Waals surface area contributed by atoms with Gasteiger partial charge in [0.1, 0.15) is 6.10 Å². The second-order valence-electron chi connectivity index (χ2n) is 11.9. The fourth-order valence-corrected chi connectivity index (χ4v) is 5.10. The molecule has 0 heterocycles. The molecular weight excluding hydrogens is 500 g/mol. The Bertz CT molecular complexity index is 498. The predicted octanol–water partition coefficient (Wildman–Crippen LogP) is 9.76. The van der Waals surface area contributed by atoms with Crippen molar-refractivity contribution in [2.24, 2.45) is 0 Å². The van der Waals surface area contributed by atoms with E-state index in [1.807, 2.05) is 0 Å². The Kier molecular flexibility index (Phi) is 32.7. The molecule has 0 aliphatic rings. The Hall–Kier alpha value is -0.460. The molecule has 240 valence electrons. The lowest BCUT2D eigenvalue weighted by Gasteiger charge is -2.21. The van der Waals surface area contributed by atoms with E-state index in [0.29, 0.717) is 12.8 Å². The summed E-state index contributed by atoms with van der Waals surface area (Å²) in [6.45, 7) is 4.39. The molecule has 0 aliphatic heterocycles. The van der Waals surface area contributed by atoms with Crippen molar-refractivity contribution >= 4 is 0 Å². The molecule has 0 aromatic heterocycles. The first-order valence-corrected chi connectivity index (χ1v) is 17.5. The Morgan fingerprint density at radius 2 is 0.875 bits per heavy atom. The molecule has 0 spiro atoms. The van der Waals surface area contributed by atoms with Gasteiger partial charge in [0.05, 0.1) is 13.2 Å². The molecule has 0 aliphatic carbocycles. The normalized spacial score (nSPS) is 14.2. The highest BCUT2D eigenvalue weighted by Gasteiger charge is 2.16. The van der Waals surface area contributed by atoms with Crippen molar-refractivity contribution in [1.29, 1.82) is 0 Å². The largest absolute Gasteiger partial charge is 0.394 e. The second-order valence-corrected chi connectivity index (χ2v) is 11.9. The van der Waals surface area contributed by atoms with E-state index in [4.69, 9.17) is 9.47 Å². The number of aliphatic hydroxyl groups is 3. The maximum atomic E-state index is 10.2. The molecule has 3 N–H and O–H groups in total. The van der Waals surface area contributed by atoms with E-state index in [0.717, 1.165) is 38.5 Å². The van der Waals surface area contributed by atoms with E-state index in [-0.39, 0.29) is 13.2 Å². The summed E-state index contributed by atoms with van der Waals surface area (Å²) >= 11 is 0. The third kappa shape index (κ3) is 30.5. The number of ether oxygens (including phenoxy) is 2. The molecule has 0 saturated heterocycles. The maximum Gasteiger partial charge on any atom is 0.155 e. The fourth-order valence-electron chi connectivity index (χ4n) is 5.10. The summed E-state index contributed by atoms with van der Waals surface area (Å²) in [6, 6.07) is 0. The third-order valence-corrected chi connectivity index (χ3v) is 7.80.